The van der Waals surface area contributed by atoms with Crippen LogP contribution >= 0.6 is 0 Å². The molecule has 0 aliphatic heterocycles. The Labute approximate surface area is 124 Å². The van der Waals surface area contributed by atoms with Crippen molar-refractivity contribution in [3.05, 3.63) is 36.0 Å². The number of aromatic nitrogens is 1. The number of ether oxygens (including phenoxy) is 2. The highest BCUT2D eigenvalue weighted by Gasteiger charge is 2.21. The summed E-state index contributed by atoms with van der Waals surface area (Å²) in [6.45, 7) is 3.53. The van der Waals surface area contributed by atoms with E-state index in [1.165, 1.54) is 0 Å². The number of hydrogen-bond donors (Lipinski definition) is 1. The van der Waals surface area contributed by atoms with Crippen molar-refractivity contribution in [1.82, 2.24) is 9.88 Å². The number of carbonyl (C=O) groups is 1. The molecule has 0 bridgehead atoms. The second kappa shape index (κ2) is 7.24. The van der Waals surface area contributed by atoms with Crippen LogP contribution in [-0.4, -0.2) is 55.8 Å². The second-order valence-corrected chi connectivity index (χ2v) is 5.08. The van der Waals surface area contributed by atoms with Crippen molar-refractivity contribution in [2.75, 3.05) is 34.0 Å². The van der Waals surface area contributed by atoms with Crippen LogP contribution < -0.4 is 0 Å². The van der Waals surface area contributed by atoms with Crippen LogP contribution in [0.1, 0.15) is 17.3 Å². The molecule has 1 heterocycles. The van der Waals surface area contributed by atoms with Crippen molar-refractivity contribution in [1.29, 1.82) is 0 Å². The summed E-state index contributed by atoms with van der Waals surface area (Å²) in [4.78, 5) is 17.7. The number of hydrogen-bond acceptors (Lipinski definition) is 3. The lowest BCUT2D eigenvalue weighted by molar-refractivity contribution is 0.0479. The average Bonchev–Trinajstić information content (AvgIpc) is 2.95. The maximum Gasteiger partial charge on any atom is 0.254 e. The van der Waals surface area contributed by atoms with E-state index >= 15 is 0 Å². The van der Waals surface area contributed by atoms with Crippen molar-refractivity contribution < 1.29 is 14.3 Å². The second-order valence-electron chi connectivity index (χ2n) is 5.08. The maximum absolute atomic E-state index is 12.7. The number of fused-ring (bicyclic) bond motifs is 1. The largest absolute Gasteiger partial charge is 0.383 e. The normalized spacial score (nSPS) is 12.5. The molecule has 0 spiro atoms. The zero-order chi connectivity index (χ0) is 15.2. The van der Waals surface area contributed by atoms with Crippen molar-refractivity contribution in [3.8, 4) is 0 Å². The summed E-state index contributed by atoms with van der Waals surface area (Å²) in [5, 5.41) is 1.10. The summed E-state index contributed by atoms with van der Waals surface area (Å²) in [6, 6.07) is 7.68. The van der Waals surface area contributed by atoms with Crippen LogP contribution in [-0.2, 0) is 9.47 Å². The van der Waals surface area contributed by atoms with E-state index in [2.05, 4.69) is 4.98 Å². The van der Waals surface area contributed by atoms with Crippen molar-refractivity contribution >= 4 is 16.8 Å². The molecule has 5 nitrogen and oxygen atoms in total. The predicted octanol–water partition coefficient (Wildman–Crippen LogP) is 2.29. The Balaban J connectivity index is 2.22. The Kier molecular flexibility index (Phi) is 5.36. The van der Waals surface area contributed by atoms with Crippen molar-refractivity contribution in [2.45, 2.75) is 13.0 Å². The quantitative estimate of drug-likeness (QED) is 0.851. The van der Waals surface area contributed by atoms with Gasteiger partial charge in [0, 0.05) is 38.0 Å². The van der Waals surface area contributed by atoms with Gasteiger partial charge in [-0.3, -0.25) is 4.79 Å². The summed E-state index contributed by atoms with van der Waals surface area (Å²) in [5.41, 5.74) is 1.64. The number of methoxy groups -OCH3 is 2. The molecule has 1 amide bonds. The lowest BCUT2D eigenvalue weighted by Gasteiger charge is -2.28. The van der Waals surface area contributed by atoms with Gasteiger partial charge in [0.15, 0.2) is 0 Å². The third-order valence-electron chi connectivity index (χ3n) is 3.54. The third kappa shape index (κ3) is 3.62. The fourth-order valence-corrected chi connectivity index (χ4v) is 2.39. The van der Waals surface area contributed by atoms with Gasteiger partial charge in [-0.25, -0.2) is 0 Å². The van der Waals surface area contributed by atoms with Crippen LogP contribution in [0.25, 0.3) is 10.9 Å². The molecule has 2 rings (SSSR count). The monoisotopic (exact) mass is 290 g/mol. The number of rotatable bonds is 7. The molecular weight excluding hydrogens is 268 g/mol. The number of carbonyl (C=O) groups excluding carboxylic acids is 1. The first kappa shape index (κ1) is 15.5. The van der Waals surface area contributed by atoms with E-state index in [0.29, 0.717) is 25.3 Å². The molecule has 1 aromatic heterocycles. The molecule has 0 aliphatic rings. The molecule has 1 unspecified atom stereocenters. The molecule has 114 valence electrons. The highest BCUT2D eigenvalue weighted by Crippen LogP contribution is 2.16. The SMILES string of the molecule is COCCN(C(=O)c1ccc2cc[nH]c2c1)C(C)COC. The lowest BCUT2D eigenvalue weighted by atomic mass is 10.1. The Morgan fingerprint density at radius 3 is 2.81 bits per heavy atom. The summed E-state index contributed by atoms with van der Waals surface area (Å²) in [7, 11) is 3.27. The topological polar surface area (TPSA) is 54.6 Å². The predicted molar refractivity (Wildman–Crippen MR) is 82.5 cm³/mol. The molecule has 1 N–H and O–H groups in total. The Bertz CT molecular complexity index is 594. The van der Waals surface area contributed by atoms with Gasteiger partial charge in [0.1, 0.15) is 0 Å². The van der Waals surface area contributed by atoms with Crippen molar-refractivity contribution in [3.63, 3.8) is 0 Å². The summed E-state index contributed by atoms with van der Waals surface area (Å²) in [5.74, 6) is -0.00639. The number of amides is 1. The first-order chi connectivity index (χ1) is 10.2. The fraction of sp³-hybridized carbons (Fsp3) is 0.438. The highest BCUT2D eigenvalue weighted by molar-refractivity contribution is 5.98. The Hall–Kier alpha value is -1.85. The molecule has 5 heteroatoms. The molecule has 0 aliphatic carbocycles. The maximum atomic E-state index is 12.7. The van der Waals surface area contributed by atoms with E-state index < -0.39 is 0 Å². The molecule has 21 heavy (non-hydrogen) atoms. The van der Waals surface area contributed by atoms with Gasteiger partial charge in [-0.2, -0.15) is 0 Å². The minimum atomic E-state index is -0.00639. The van der Waals surface area contributed by atoms with Gasteiger partial charge in [0.25, 0.3) is 5.91 Å². The fourth-order valence-electron chi connectivity index (χ4n) is 2.39. The molecular formula is C16H22N2O3. The minimum Gasteiger partial charge on any atom is -0.383 e. The summed E-state index contributed by atoms with van der Waals surface area (Å²) < 4.78 is 10.3. The van der Waals surface area contributed by atoms with E-state index in [9.17, 15) is 4.79 Å². The molecule has 0 fully saturated rings. The summed E-state index contributed by atoms with van der Waals surface area (Å²) >= 11 is 0. The van der Waals surface area contributed by atoms with Crippen LogP contribution in [0, 0.1) is 0 Å². The van der Waals surface area contributed by atoms with E-state index in [1.807, 2.05) is 37.4 Å². The minimum absolute atomic E-state index is 0.00279. The number of nitrogens with zero attached hydrogens (tertiary/aromatic N) is 1. The molecule has 0 saturated carbocycles. The van der Waals surface area contributed by atoms with Gasteiger partial charge >= 0.3 is 0 Å². The number of benzene rings is 1. The van der Waals surface area contributed by atoms with Crippen LogP contribution in [0.2, 0.25) is 0 Å². The molecule has 2 aromatic rings. The van der Waals surface area contributed by atoms with Crippen molar-refractivity contribution in [2.24, 2.45) is 0 Å². The number of nitrogens with one attached hydrogen (secondary N) is 1. The standard InChI is InChI=1S/C16H22N2O3/c1-12(11-21-3)18(8-9-20-2)16(19)14-5-4-13-6-7-17-15(13)10-14/h4-7,10,12,17H,8-9,11H2,1-3H3. The first-order valence-corrected chi connectivity index (χ1v) is 7.03. The third-order valence-corrected chi connectivity index (χ3v) is 3.54. The smallest absolute Gasteiger partial charge is 0.254 e. The zero-order valence-corrected chi connectivity index (χ0v) is 12.8. The zero-order valence-electron chi connectivity index (χ0n) is 12.8. The number of H-pyrrole nitrogens is 1. The van der Waals surface area contributed by atoms with Gasteiger partial charge in [-0.15, -0.1) is 0 Å². The molecule has 0 radical (unpaired) electrons. The highest BCUT2D eigenvalue weighted by atomic mass is 16.5. The van der Waals surface area contributed by atoms with Crippen LogP contribution in [0.3, 0.4) is 0 Å². The van der Waals surface area contributed by atoms with E-state index in [-0.39, 0.29) is 11.9 Å². The molecule has 0 saturated heterocycles. The lowest BCUT2D eigenvalue weighted by Crippen LogP contribution is -2.43. The molecule has 1 aromatic carbocycles. The van der Waals surface area contributed by atoms with Gasteiger partial charge in [0.05, 0.1) is 19.3 Å². The first-order valence-electron chi connectivity index (χ1n) is 7.03. The van der Waals surface area contributed by atoms with E-state index in [1.54, 1.807) is 19.1 Å². The van der Waals surface area contributed by atoms with E-state index in [4.69, 9.17) is 9.47 Å². The molecule has 1 atom stereocenters. The van der Waals surface area contributed by atoms with E-state index in [0.717, 1.165) is 10.9 Å². The number of aromatic amines is 1. The Morgan fingerprint density at radius 1 is 1.29 bits per heavy atom. The van der Waals surface area contributed by atoms with Gasteiger partial charge in [-0.1, -0.05) is 6.07 Å². The van der Waals surface area contributed by atoms with Crippen LogP contribution in [0.15, 0.2) is 30.5 Å². The van der Waals surface area contributed by atoms with Crippen LogP contribution in [0.5, 0.6) is 0 Å². The summed E-state index contributed by atoms with van der Waals surface area (Å²) in [6.07, 6.45) is 1.87. The average molecular weight is 290 g/mol. The van der Waals surface area contributed by atoms with Gasteiger partial charge < -0.3 is 19.4 Å². The van der Waals surface area contributed by atoms with Crippen LogP contribution in [0.4, 0.5) is 0 Å². The Morgan fingerprint density at radius 2 is 2.10 bits per heavy atom. The van der Waals surface area contributed by atoms with Gasteiger partial charge in [0.2, 0.25) is 0 Å². The van der Waals surface area contributed by atoms with Gasteiger partial charge in [-0.05, 0) is 30.5 Å².